The normalized spacial score (nSPS) is 15.4. The molecule has 2 amide bonds. The van der Waals surface area contributed by atoms with E-state index in [9.17, 15) is 14.4 Å². The summed E-state index contributed by atoms with van der Waals surface area (Å²) in [6.45, 7) is 2.43. The van der Waals surface area contributed by atoms with Gasteiger partial charge in [-0.25, -0.2) is 4.68 Å². The van der Waals surface area contributed by atoms with Crippen molar-refractivity contribution < 1.29 is 9.59 Å². The summed E-state index contributed by atoms with van der Waals surface area (Å²) in [5.41, 5.74) is 7.66. The summed E-state index contributed by atoms with van der Waals surface area (Å²) in [6, 6.07) is 12.1. The highest BCUT2D eigenvalue weighted by atomic mass is 32.1. The fourth-order valence-electron chi connectivity index (χ4n) is 3.71. The summed E-state index contributed by atoms with van der Waals surface area (Å²) in [5, 5.41) is 7.46. The van der Waals surface area contributed by atoms with Gasteiger partial charge in [-0.3, -0.25) is 14.4 Å². The van der Waals surface area contributed by atoms with Gasteiger partial charge in [0.25, 0.3) is 17.4 Å². The Morgan fingerprint density at radius 1 is 1.23 bits per heavy atom. The van der Waals surface area contributed by atoms with Crippen molar-refractivity contribution in [2.24, 2.45) is 11.7 Å². The fraction of sp³-hybridized carbons (Fsp3) is 0.273. The molecule has 3 aromatic rings. The summed E-state index contributed by atoms with van der Waals surface area (Å²) >= 11 is 1.40. The molecule has 1 aromatic carbocycles. The average Bonchev–Trinajstić information content (AvgIpc) is 3.07. The van der Waals surface area contributed by atoms with Crippen LogP contribution in [0.5, 0.6) is 0 Å². The maximum absolute atomic E-state index is 12.8. The molecule has 0 unspecified atom stereocenters. The second-order valence-electron chi connectivity index (χ2n) is 7.57. The van der Waals surface area contributed by atoms with Gasteiger partial charge in [0.1, 0.15) is 10.7 Å². The number of amides is 2. The molecule has 30 heavy (non-hydrogen) atoms. The third-order valence-corrected chi connectivity index (χ3v) is 6.43. The van der Waals surface area contributed by atoms with Crippen molar-refractivity contribution >= 4 is 28.2 Å². The Labute approximate surface area is 177 Å². The van der Waals surface area contributed by atoms with E-state index in [1.807, 2.05) is 30.3 Å². The molecule has 2 heterocycles. The number of rotatable bonds is 5. The highest BCUT2D eigenvalue weighted by Crippen LogP contribution is 2.39. The molecule has 2 aromatic heterocycles. The van der Waals surface area contributed by atoms with Crippen LogP contribution in [0.15, 0.2) is 47.3 Å². The Hall–Kier alpha value is -3.26. The second-order valence-corrected chi connectivity index (χ2v) is 8.68. The van der Waals surface area contributed by atoms with E-state index < -0.39 is 11.8 Å². The minimum Gasteiger partial charge on any atom is -0.365 e. The Bertz CT molecular complexity index is 1170. The lowest BCUT2D eigenvalue weighted by Crippen LogP contribution is -2.27. The van der Waals surface area contributed by atoms with Crippen LogP contribution in [0.25, 0.3) is 0 Å². The van der Waals surface area contributed by atoms with Crippen molar-refractivity contribution in [3.63, 3.8) is 0 Å². The van der Waals surface area contributed by atoms with Crippen molar-refractivity contribution in [2.75, 3.05) is 5.32 Å². The van der Waals surface area contributed by atoms with Crippen LogP contribution < -0.4 is 16.6 Å². The van der Waals surface area contributed by atoms with Crippen LogP contribution in [0.3, 0.4) is 0 Å². The lowest BCUT2D eigenvalue weighted by molar-refractivity contribution is 0.1000. The van der Waals surface area contributed by atoms with Gasteiger partial charge in [0, 0.05) is 10.9 Å². The highest BCUT2D eigenvalue weighted by Gasteiger charge is 2.27. The molecule has 3 N–H and O–H groups in total. The number of benzene rings is 1. The molecule has 0 bridgehead atoms. The van der Waals surface area contributed by atoms with Gasteiger partial charge in [0.05, 0.1) is 12.1 Å². The summed E-state index contributed by atoms with van der Waals surface area (Å²) < 4.78 is 1.25. The van der Waals surface area contributed by atoms with E-state index in [1.165, 1.54) is 28.2 Å². The second kappa shape index (κ2) is 8.23. The maximum atomic E-state index is 12.8. The summed E-state index contributed by atoms with van der Waals surface area (Å²) in [7, 11) is 0. The van der Waals surface area contributed by atoms with Gasteiger partial charge in [0.15, 0.2) is 0 Å². The summed E-state index contributed by atoms with van der Waals surface area (Å²) in [6.07, 6.45) is 2.64. The first-order valence-corrected chi connectivity index (χ1v) is 10.6. The van der Waals surface area contributed by atoms with Crippen LogP contribution in [-0.2, 0) is 19.4 Å². The molecule has 0 aliphatic heterocycles. The molecule has 1 aliphatic carbocycles. The Balaban J connectivity index is 1.61. The van der Waals surface area contributed by atoms with Gasteiger partial charge in [-0.05, 0) is 42.4 Å². The van der Waals surface area contributed by atoms with Gasteiger partial charge in [-0.15, -0.1) is 11.3 Å². The number of carbonyl (C=O) groups excluding carboxylic acids is 2. The topological polar surface area (TPSA) is 107 Å². The smallest absolute Gasteiger partial charge is 0.276 e. The standard InChI is InChI=1S/C22H22N4O3S/c1-13-7-8-15-17(11-13)30-22(19(15)20(23)28)24-21(29)16-9-10-18(27)26(25-16)12-14-5-3-2-4-6-14/h2-6,9-10,13H,7-8,11-12H2,1H3,(H2,23,28)(H,24,29)/t13-/m1/s1. The first-order chi connectivity index (χ1) is 14.4. The van der Waals surface area contributed by atoms with Crippen molar-refractivity contribution in [1.82, 2.24) is 9.78 Å². The van der Waals surface area contributed by atoms with Gasteiger partial charge in [-0.1, -0.05) is 37.3 Å². The van der Waals surface area contributed by atoms with Crippen molar-refractivity contribution in [2.45, 2.75) is 32.7 Å². The highest BCUT2D eigenvalue weighted by molar-refractivity contribution is 7.17. The van der Waals surface area contributed by atoms with E-state index in [0.717, 1.165) is 35.3 Å². The lowest BCUT2D eigenvalue weighted by atomic mass is 9.88. The zero-order chi connectivity index (χ0) is 21.3. The number of hydrogen-bond acceptors (Lipinski definition) is 5. The number of carbonyl (C=O) groups is 2. The third kappa shape index (κ3) is 4.04. The number of nitrogens with one attached hydrogen (secondary N) is 1. The summed E-state index contributed by atoms with van der Waals surface area (Å²) in [4.78, 5) is 38.2. The van der Waals surface area contributed by atoms with E-state index >= 15 is 0 Å². The first-order valence-electron chi connectivity index (χ1n) is 9.80. The molecular formula is C22H22N4O3S. The molecule has 8 heteroatoms. The summed E-state index contributed by atoms with van der Waals surface area (Å²) in [5.74, 6) is -0.492. The predicted octanol–water partition coefficient (Wildman–Crippen LogP) is 2.83. The predicted molar refractivity (Wildman–Crippen MR) is 116 cm³/mol. The largest absolute Gasteiger partial charge is 0.365 e. The molecule has 0 saturated carbocycles. The van der Waals surface area contributed by atoms with E-state index in [0.29, 0.717) is 16.5 Å². The molecule has 7 nitrogen and oxygen atoms in total. The fourth-order valence-corrected chi connectivity index (χ4v) is 5.12. The molecule has 4 rings (SSSR count). The number of thiophene rings is 1. The molecule has 1 aliphatic rings. The van der Waals surface area contributed by atoms with Gasteiger partial charge in [0.2, 0.25) is 0 Å². The Kier molecular flexibility index (Phi) is 5.50. The van der Waals surface area contributed by atoms with E-state index in [1.54, 1.807) is 0 Å². The maximum Gasteiger partial charge on any atom is 0.276 e. The zero-order valence-corrected chi connectivity index (χ0v) is 17.4. The van der Waals surface area contributed by atoms with E-state index in [4.69, 9.17) is 5.73 Å². The van der Waals surface area contributed by atoms with Gasteiger partial charge >= 0.3 is 0 Å². The SMILES string of the molecule is C[C@@H]1CCc2c(sc(NC(=O)c3ccc(=O)n(Cc4ccccc4)n3)c2C(N)=O)C1. The van der Waals surface area contributed by atoms with Crippen LogP contribution in [0.4, 0.5) is 5.00 Å². The van der Waals surface area contributed by atoms with Crippen LogP contribution in [0.2, 0.25) is 0 Å². The molecule has 0 spiro atoms. The average molecular weight is 423 g/mol. The van der Waals surface area contributed by atoms with Gasteiger partial charge < -0.3 is 11.1 Å². The number of hydrogen-bond donors (Lipinski definition) is 2. The molecule has 0 radical (unpaired) electrons. The van der Waals surface area contributed by atoms with Crippen LogP contribution in [-0.4, -0.2) is 21.6 Å². The Morgan fingerprint density at radius 2 is 2.00 bits per heavy atom. The van der Waals surface area contributed by atoms with Crippen LogP contribution in [0, 0.1) is 5.92 Å². The number of nitrogens with zero attached hydrogens (tertiary/aromatic N) is 2. The quantitative estimate of drug-likeness (QED) is 0.659. The lowest BCUT2D eigenvalue weighted by Gasteiger charge is -2.18. The van der Waals surface area contributed by atoms with E-state index in [-0.39, 0.29) is 17.8 Å². The number of fused-ring (bicyclic) bond motifs is 1. The first kappa shape index (κ1) is 20.0. The molecular weight excluding hydrogens is 400 g/mol. The van der Waals surface area contributed by atoms with Crippen molar-refractivity contribution in [1.29, 1.82) is 0 Å². The molecule has 0 saturated heterocycles. The minimum atomic E-state index is -0.542. The van der Waals surface area contributed by atoms with Crippen LogP contribution in [0.1, 0.15) is 50.2 Å². The van der Waals surface area contributed by atoms with Crippen molar-refractivity contribution in [3.8, 4) is 0 Å². The number of nitrogens with two attached hydrogens (primary N) is 1. The Morgan fingerprint density at radius 3 is 2.73 bits per heavy atom. The third-order valence-electron chi connectivity index (χ3n) is 5.26. The number of aromatic nitrogens is 2. The minimum absolute atomic E-state index is 0.0979. The number of primary amides is 1. The molecule has 0 fully saturated rings. The monoisotopic (exact) mass is 422 g/mol. The molecule has 154 valence electrons. The number of anilines is 1. The van der Waals surface area contributed by atoms with E-state index in [2.05, 4.69) is 17.3 Å². The van der Waals surface area contributed by atoms with Gasteiger partial charge in [-0.2, -0.15) is 5.10 Å². The molecule has 1 atom stereocenters. The van der Waals surface area contributed by atoms with Crippen molar-refractivity contribution in [3.05, 3.63) is 80.1 Å². The van der Waals surface area contributed by atoms with Crippen LogP contribution >= 0.6 is 11.3 Å². The zero-order valence-electron chi connectivity index (χ0n) is 16.6.